The lowest BCUT2D eigenvalue weighted by Crippen LogP contribution is -2.63. The molecule has 0 aromatic rings. The van der Waals surface area contributed by atoms with Crippen LogP contribution >= 0.6 is 0 Å². The molecule has 1 aliphatic rings. The van der Waals surface area contributed by atoms with E-state index in [-0.39, 0.29) is 0 Å². The minimum absolute atomic E-state index is 0.398. The van der Waals surface area contributed by atoms with Crippen molar-refractivity contribution in [3.63, 3.8) is 0 Å². The molecule has 4 heteroatoms. The quantitative estimate of drug-likeness (QED) is 0.501. The predicted molar refractivity (Wildman–Crippen MR) is 45.2 cm³/mol. The lowest BCUT2D eigenvalue weighted by atomic mass is 9.85. The molecule has 0 aromatic carbocycles. The lowest BCUT2D eigenvalue weighted by Gasteiger charge is -2.40. The van der Waals surface area contributed by atoms with Crippen molar-refractivity contribution in [2.75, 3.05) is 0 Å². The fraction of sp³-hybridized carbons (Fsp3) is 0.875. The fourth-order valence-electron chi connectivity index (χ4n) is 1.06. The van der Waals surface area contributed by atoms with E-state index >= 15 is 0 Å². The highest BCUT2D eigenvalue weighted by Crippen LogP contribution is 2.26. The summed E-state index contributed by atoms with van der Waals surface area (Å²) in [5.74, 6) is -0.398. The third-order valence-corrected chi connectivity index (χ3v) is 2.16. The zero-order chi connectivity index (χ0) is 9.41. The van der Waals surface area contributed by atoms with E-state index in [0.717, 1.165) is 19.3 Å². The van der Waals surface area contributed by atoms with Gasteiger partial charge in [-0.25, -0.2) is 0 Å². The van der Waals surface area contributed by atoms with E-state index in [1.165, 1.54) is 13.8 Å². The summed E-state index contributed by atoms with van der Waals surface area (Å²) in [5, 5.41) is 11.9. The van der Waals surface area contributed by atoms with Gasteiger partial charge < -0.3 is 16.2 Å². The van der Waals surface area contributed by atoms with Gasteiger partial charge in [-0.15, -0.1) is 0 Å². The largest absolute Gasteiger partial charge is 0.381 e. The molecule has 70 valence electrons. The Bertz CT molecular complexity index is 192. The zero-order valence-corrected chi connectivity index (χ0v) is 7.55. The maximum atomic E-state index is 11.2. The molecule has 0 saturated heterocycles. The first-order valence-corrected chi connectivity index (χ1v) is 4.17. The van der Waals surface area contributed by atoms with Crippen molar-refractivity contribution in [3.8, 4) is 0 Å². The molecule has 0 atom stereocenters. The molecule has 1 aliphatic carbocycles. The molecule has 4 nitrogen and oxygen atoms in total. The summed E-state index contributed by atoms with van der Waals surface area (Å²) in [6, 6.07) is 0. The Kier molecular flexibility index (Phi) is 2.14. The van der Waals surface area contributed by atoms with E-state index < -0.39 is 17.2 Å². The molecule has 12 heavy (non-hydrogen) atoms. The molecule has 4 N–H and O–H groups in total. The molecule has 0 spiro atoms. The van der Waals surface area contributed by atoms with Crippen LogP contribution in [0.2, 0.25) is 0 Å². The number of nitrogens with two attached hydrogens (primary N) is 1. The number of aliphatic hydroxyl groups is 1. The number of nitrogens with one attached hydrogen (secondary N) is 1. The number of carbonyl (C=O) groups is 1. The number of hydrogen-bond acceptors (Lipinski definition) is 3. The van der Waals surface area contributed by atoms with Crippen LogP contribution in [0.4, 0.5) is 0 Å². The van der Waals surface area contributed by atoms with Crippen LogP contribution in [-0.4, -0.2) is 22.3 Å². The molecule has 0 unspecified atom stereocenters. The van der Waals surface area contributed by atoms with Crippen LogP contribution in [0.5, 0.6) is 0 Å². The highest BCUT2D eigenvalue weighted by Gasteiger charge is 2.37. The summed E-state index contributed by atoms with van der Waals surface area (Å²) >= 11 is 0. The fourth-order valence-corrected chi connectivity index (χ4v) is 1.06. The first-order valence-electron chi connectivity index (χ1n) is 4.17. The van der Waals surface area contributed by atoms with Gasteiger partial charge in [-0.05, 0) is 33.1 Å². The Morgan fingerprint density at radius 3 is 2.33 bits per heavy atom. The predicted octanol–water partition coefficient (Wildman–Crippen LogP) is -0.288. The van der Waals surface area contributed by atoms with Gasteiger partial charge in [0.1, 0.15) is 5.60 Å². The maximum absolute atomic E-state index is 11.2. The second-order valence-electron chi connectivity index (χ2n) is 4.02. The van der Waals surface area contributed by atoms with Gasteiger partial charge in [0.05, 0.1) is 5.66 Å². The Hall–Kier alpha value is -0.610. The third kappa shape index (κ3) is 1.95. The summed E-state index contributed by atoms with van der Waals surface area (Å²) < 4.78 is 0. The van der Waals surface area contributed by atoms with Crippen LogP contribution in [0, 0.1) is 0 Å². The number of amides is 1. The highest BCUT2D eigenvalue weighted by atomic mass is 16.3. The average Bonchev–Trinajstić information content (AvgIpc) is 1.82. The van der Waals surface area contributed by atoms with Crippen LogP contribution < -0.4 is 11.1 Å². The Labute approximate surface area is 72.1 Å². The van der Waals surface area contributed by atoms with Crippen LogP contribution in [0.3, 0.4) is 0 Å². The standard InChI is InChI=1S/C8H16N2O2/c1-7(2,12)6(11)10-8(9)4-3-5-8/h12H,3-5,9H2,1-2H3,(H,10,11). The van der Waals surface area contributed by atoms with Crippen LogP contribution in [0.25, 0.3) is 0 Å². The second-order valence-corrected chi connectivity index (χ2v) is 4.02. The van der Waals surface area contributed by atoms with E-state index in [2.05, 4.69) is 5.32 Å². The van der Waals surface area contributed by atoms with Gasteiger partial charge in [0, 0.05) is 0 Å². The van der Waals surface area contributed by atoms with Gasteiger partial charge >= 0.3 is 0 Å². The third-order valence-electron chi connectivity index (χ3n) is 2.16. The van der Waals surface area contributed by atoms with Crippen molar-refractivity contribution in [3.05, 3.63) is 0 Å². The number of rotatable bonds is 2. The number of hydrogen-bond donors (Lipinski definition) is 3. The van der Waals surface area contributed by atoms with E-state index in [1.807, 2.05) is 0 Å². The van der Waals surface area contributed by atoms with Crippen molar-refractivity contribution < 1.29 is 9.90 Å². The van der Waals surface area contributed by atoms with Gasteiger partial charge in [0.2, 0.25) is 0 Å². The van der Waals surface area contributed by atoms with Gasteiger partial charge in [-0.3, -0.25) is 4.79 Å². The summed E-state index contributed by atoms with van der Waals surface area (Å²) in [6.07, 6.45) is 2.65. The summed E-state index contributed by atoms with van der Waals surface area (Å²) in [5.41, 5.74) is 3.87. The lowest BCUT2D eigenvalue weighted by molar-refractivity contribution is -0.139. The van der Waals surface area contributed by atoms with Crippen molar-refractivity contribution in [2.45, 2.75) is 44.4 Å². The minimum Gasteiger partial charge on any atom is -0.381 e. The maximum Gasteiger partial charge on any atom is 0.252 e. The van der Waals surface area contributed by atoms with Crippen LogP contribution in [0.15, 0.2) is 0 Å². The topological polar surface area (TPSA) is 75.3 Å². The van der Waals surface area contributed by atoms with E-state index in [0.29, 0.717) is 0 Å². The van der Waals surface area contributed by atoms with Gasteiger partial charge in [-0.1, -0.05) is 0 Å². The summed E-state index contributed by atoms with van der Waals surface area (Å²) in [4.78, 5) is 11.2. The molecular formula is C8H16N2O2. The normalized spacial score (nSPS) is 21.3. The molecular weight excluding hydrogens is 156 g/mol. The molecule has 0 radical (unpaired) electrons. The van der Waals surface area contributed by atoms with Gasteiger partial charge in [-0.2, -0.15) is 0 Å². The first-order chi connectivity index (χ1) is 5.33. The monoisotopic (exact) mass is 172 g/mol. The van der Waals surface area contributed by atoms with Crippen molar-refractivity contribution in [2.24, 2.45) is 5.73 Å². The highest BCUT2D eigenvalue weighted by molar-refractivity contribution is 5.84. The zero-order valence-electron chi connectivity index (χ0n) is 7.55. The molecule has 1 fully saturated rings. The van der Waals surface area contributed by atoms with Crippen molar-refractivity contribution >= 4 is 5.91 Å². The average molecular weight is 172 g/mol. The van der Waals surface area contributed by atoms with Crippen LogP contribution in [0.1, 0.15) is 33.1 Å². The molecule has 0 aliphatic heterocycles. The van der Waals surface area contributed by atoms with Gasteiger partial charge in [0.15, 0.2) is 0 Å². The Balaban J connectivity index is 2.46. The molecule has 1 saturated carbocycles. The SMILES string of the molecule is CC(C)(O)C(=O)NC1(N)CCC1. The van der Waals surface area contributed by atoms with E-state index in [4.69, 9.17) is 5.73 Å². The number of carbonyl (C=O) groups excluding carboxylic acids is 1. The Morgan fingerprint density at radius 1 is 1.58 bits per heavy atom. The molecule has 1 rings (SSSR count). The Morgan fingerprint density at radius 2 is 2.08 bits per heavy atom. The molecule has 0 heterocycles. The minimum atomic E-state index is -1.33. The van der Waals surface area contributed by atoms with Crippen molar-refractivity contribution in [1.82, 2.24) is 5.32 Å². The first kappa shape index (κ1) is 9.48. The summed E-state index contributed by atoms with van der Waals surface area (Å²) in [6.45, 7) is 2.90. The van der Waals surface area contributed by atoms with Gasteiger partial charge in [0.25, 0.3) is 5.91 Å². The molecule has 0 bridgehead atoms. The van der Waals surface area contributed by atoms with E-state index in [1.54, 1.807) is 0 Å². The van der Waals surface area contributed by atoms with Crippen LogP contribution in [-0.2, 0) is 4.79 Å². The van der Waals surface area contributed by atoms with Crippen molar-refractivity contribution in [1.29, 1.82) is 0 Å². The van der Waals surface area contributed by atoms with E-state index in [9.17, 15) is 9.90 Å². The molecule has 0 aromatic heterocycles. The summed E-state index contributed by atoms with van der Waals surface area (Å²) in [7, 11) is 0. The smallest absolute Gasteiger partial charge is 0.252 e. The molecule has 1 amide bonds. The second kappa shape index (κ2) is 2.71.